The zero-order valence-corrected chi connectivity index (χ0v) is 13.4. The number of benzene rings is 1. The predicted molar refractivity (Wildman–Crippen MR) is 89.9 cm³/mol. The fraction of sp³-hybridized carbons (Fsp3) is 0.167. The summed E-state index contributed by atoms with van der Waals surface area (Å²) in [6, 6.07) is 9.96. The molecule has 2 heterocycles. The molecule has 2 aromatic heterocycles. The molecule has 2 N–H and O–H groups in total. The molecule has 1 saturated carbocycles. The molecule has 0 amide bonds. The molecule has 2 atom stereocenters. The van der Waals surface area contributed by atoms with Gasteiger partial charge in [0.05, 0.1) is 5.56 Å². The van der Waals surface area contributed by atoms with Gasteiger partial charge in [0.2, 0.25) is 0 Å². The normalized spacial score (nSPS) is 18.3. The number of H-pyrrole nitrogens is 2. The van der Waals surface area contributed by atoms with Crippen molar-refractivity contribution >= 4 is 0 Å². The number of hydrogen-bond acceptors (Lipinski definition) is 5. The van der Waals surface area contributed by atoms with Crippen LogP contribution in [0.2, 0.25) is 0 Å². The molecule has 4 rings (SSSR count). The van der Waals surface area contributed by atoms with Crippen molar-refractivity contribution in [2.75, 3.05) is 0 Å². The minimum Gasteiger partial charge on any atom is -0.313 e. The van der Waals surface area contributed by atoms with Crippen molar-refractivity contribution in [1.29, 1.82) is 5.26 Å². The van der Waals surface area contributed by atoms with Gasteiger partial charge in [0.25, 0.3) is 5.56 Å². The van der Waals surface area contributed by atoms with Gasteiger partial charge in [-0.1, -0.05) is 12.1 Å². The van der Waals surface area contributed by atoms with Gasteiger partial charge in [-0.15, -0.1) is 10.2 Å². The molecule has 1 aliphatic carbocycles. The quantitative estimate of drug-likeness (QED) is 0.748. The van der Waals surface area contributed by atoms with E-state index in [4.69, 9.17) is 0 Å². The monoisotopic (exact) mass is 349 g/mol. The molecule has 26 heavy (non-hydrogen) atoms. The largest absolute Gasteiger partial charge is 0.325 e. The van der Waals surface area contributed by atoms with E-state index in [2.05, 4.69) is 20.2 Å². The van der Waals surface area contributed by atoms with Gasteiger partial charge >= 0.3 is 5.69 Å². The first-order valence-electron chi connectivity index (χ1n) is 7.92. The summed E-state index contributed by atoms with van der Waals surface area (Å²) < 4.78 is 13.1. The molecular weight excluding hydrogens is 337 g/mol. The Hall–Kier alpha value is -3.60. The zero-order chi connectivity index (χ0) is 18.3. The number of hydrogen-bond donors (Lipinski definition) is 2. The van der Waals surface area contributed by atoms with Crippen LogP contribution in [0.3, 0.4) is 0 Å². The Kier molecular flexibility index (Phi) is 3.69. The van der Waals surface area contributed by atoms with Crippen molar-refractivity contribution in [3.05, 3.63) is 80.0 Å². The molecule has 0 unspecified atom stereocenters. The van der Waals surface area contributed by atoms with Crippen LogP contribution in [0.4, 0.5) is 4.39 Å². The van der Waals surface area contributed by atoms with Crippen LogP contribution >= 0.6 is 0 Å². The predicted octanol–water partition coefficient (Wildman–Crippen LogP) is 1.80. The van der Waals surface area contributed by atoms with E-state index in [9.17, 15) is 19.2 Å². The van der Waals surface area contributed by atoms with E-state index in [-0.39, 0.29) is 34.6 Å². The molecule has 0 bridgehead atoms. The second-order valence-electron chi connectivity index (χ2n) is 6.13. The Balaban J connectivity index is 1.72. The zero-order valence-electron chi connectivity index (χ0n) is 13.4. The molecule has 3 aromatic rings. The Bertz CT molecular complexity index is 1140. The van der Waals surface area contributed by atoms with Gasteiger partial charge < -0.3 is 4.98 Å². The molecule has 1 aromatic carbocycles. The highest BCUT2D eigenvalue weighted by atomic mass is 19.1. The maximum absolute atomic E-state index is 13.1. The van der Waals surface area contributed by atoms with Crippen LogP contribution < -0.4 is 11.2 Å². The van der Waals surface area contributed by atoms with Crippen molar-refractivity contribution < 1.29 is 4.39 Å². The molecule has 128 valence electrons. The van der Waals surface area contributed by atoms with Gasteiger partial charge in [-0.3, -0.25) is 9.78 Å². The van der Waals surface area contributed by atoms with Crippen LogP contribution in [0.5, 0.6) is 0 Å². The van der Waals surface area contributed by atoms with Gasteiger partial charge in [-0.05, 0) is 47.6 Å². The lowest BCUT2D eigenvalue weighted by Gasteiger charge is -2.06. The first-order valence-corrected chi connectivity index (χ1v) is 7.92. The highest BCUT2D eigenvalue weighted by Gasteiger charge is 2.41. The summed E-state index contributed by atoms with van der Waals surface area (Å²) in [6.45, 7) is 0. The van der Waals surface area contributed by atoms with Crippen molar-refractivity contribution in [2.24, 2.45) is 0 Å². The Labute approximate surface area is 146 Å². The summed E-state index contributed by atoms with van der Waals surface area (Å²) in [4.78, 5) is 27.7. The molecule has 0 saturated heterocycles. The molecule has 8 heteroatoms. The first kappa shape index (κ1) is 15.9. The molecule has 1 aliphatic rings. The van der Waals surface area contributed by atoms with Crippen LogP contribution in [0.25, 0.3) is 11.3 Å². The summed E-state index contributed by atoms with van der Waals surface area (Å²) in [6.07, 6.45) is 2.07. The fourth-order valence-electron chi connectivity index (χ4n) is 3.12. The number of nitrogens with one attached hydrogen (secondary N) is 2. The summed E-state index contributed by atoms with van der Waals surface area (Å²) in [5, 5.41) is 17.2. The summed E-state index contributed by atoms with van der Waals surface area (Å²) in [7, 11) is 0. The van der Waals surface area contributed by atoms with Crippen molar-refractivity contribution in [2.45, 2.75) is 18.3 Å². The van der Waals surface area contributed by atoms with E-state index < -0.39 is 11.2 Å². The summed E-state index contributed by atoms with van der Waals surface area (Å²) >= 11 is 0. The number of halogens is 1. The molecule has 0 aliphatic heterocycles. The van der Waals surface area contributed by atoms with Crippen LogP contribution in [-0.4, -0.2) is 20.2 Å². The Morgan fingerprint density at radius 1 is 1.15 bits per heavy atom. The lowest BCUT2D eigenvalue weighted by atomic mass is 10.0. The highest BCUT2D eigenvalue weighted by molar-refractivity contribution is 5.59. The van der Waals surface area contributed by atoms with E-state index in [1.165, 1.54) is 18.3 Å². The van der Waals surface area contributed by atoms with Crippen molar-refractivity contribution in [3.8, 4) is 17.3 Å². The topological polar surface area (TPSA) is 115 Å². The van der Waals surface area contributed by atoms with Gasteiger partial charge in [0, 0.05) is 6.20 Å². The second-order valence-corrected chi connectivity index (χ2v) is 6.13. The Morgan fingerprint density at radius 2 is 1.92 bits per heavy atom. The van der Waals surface area contributed by atoms with E-state index in [1.807, 2.05) is 6.07 Å². The average molecular weight is 349 g/mol. The minimum atomic E-state index is -0.612. The number of aromatic nitrogens is 4. The molecule has 0 spiro atoms. The van der Waals surface area contributed by atoms with Crippen molar-refractivity contribution in [1.82, 2.24) is 20.2 Å². The molecule has 0 radical (unpaired) electrons. The Morgan fingerprint density at radius 3 is 2.62 bits per heavy atom. The summed E-state index contributed by atoms with van der Waals surface area (Å²) in [5.41, 5.74) is 1.13. The minimum absolute atomic E-state index is 0.0474. The average Bonchev–Trinajstić information content (AvgIpc) is 3.42. The van der Waals surface area contributed by atoms with Gasteiger partial charge in [0.15, 0.2) is 5.69 Å². The van der Waals surface area contributed by atoms with Gasteiger partial charge in [-0.25, -0.2) is 9.18 Å². The third-order valence-electron chi connectivity index (χ3n) is 4.51. The number of rotatable bonds is 3. The molecular formula is C18H12FN5O2. The van der Waals surface area contributed by atoms with Gasteiger partial charge in [0.1, 0.15) is 17.6 Å². The van der Waals surface area contributed by atoms with E-state index >= 15 is 0 Å². The van der Waals surface area contributed by atoms with E-state index in [0.717, 1.165) is 12.0 Å². The van der Waals surface area contributed by atoms with Crippen LogP contribution in [0.15, 0.2) is 46.1 Å². The third-order valence-corrected chi connectivity index (χ3v) is 4.51. The third kappa shape index (κ3) is 2.80. The second kappa shape index (κ2) is 6.04. The highest BCUT2D eigenvalue weighted by Crippen LogP contribution is 2.55. The number of nitriles is 1. The van der Waals surface area contributed by atoms with Crippen LogP contribution in [0.1, 0.15) is 35.1 Å². The molecule has 1 fully saturated rings. The number of nitrogens with zero attached hydrogens (tertiary/aromatic N) is 3. The fourth-order valence-corrected chi connectivity index (χ4v) is 3.12. The maximum Gasteiger partial charge on any atom is 0.325 e. The standard InChI is InChI=1S/C18H12FN5O2/c19-10-3-1-9(2-4-10)11-5-12(11)13-6-15(23-24-16(13)7-20)14-8-21-18(26)22-17(14)25/h1-4,6,8,11-12H,5H2,(H2,21,22,25,26)/t11-,12+/m1/s1. The molecule has 7 nitrogen and oxygen atoms in total. The smallest absolute Gasteiger partial charge is 0.313 e. The first-order chi connectivity index (χ1) is 12.6. The maximum atomic E-state index is 13.1. The van der Waals surface area contributed by atoms with E-state index in [1.54, 1.807) is 18.2 Å². The van der Waals surface area contributed by atoms with Gasteiger partial charge in [-0.2, -0.15) is 5.26 Å². The van der Waals surface area contributed by atoms with Crippen molar-refractivity contribution in [3.63, 3.8) is 0 Å². The lowest BCUT2D eigenvalue weighted by molar-refractivity contribution is 0.627. The SMILES string of the molecule is N#Cc1nnc(-c2c[nH]c(=O)[nH]c2=O)cc1[C@H]1C[C@@H]1c1ccc(F)cc1. The number of aromatic amines is 2. The van der Waals surface area contributed by atoms with E-state index in [0.29, 0.717) is 5.56 Å². The lowest BCUT2D eigenvalue weighted by Crippen LogP contribution is -2.23. The summed E-state index contributed by atoms with van der Waals surface area (Å²) in [5.74, 6) is -0.0892. The van der Waals surface area contributed by atoms with Crippen LogP contribution in [0, 0.1) is 17.1 Å². The van der Waals surface area contributed by atoms with Crippen LogP contribution in [-0.2, 0) is 0 Å².